The molecule has 21 heavy (non-hydrogen) atoms. The van der Waals surface area contributed by atoms with Crippen molar-refractivity contribution in [2.75, 3.05) is 0 Å². The van der Waals surface area contributed by atoms with Gasteiger partial charge in [0.05, 0.1) is 5.71 Å². The number of amides is 1. The largest absolute Gasteiger partial charge is 0.271 e. The lowest BCUT2D eigenvalue weighted by Crippen LogP contribution is -2.19. The Morgan fingerprint density at radius 1 is 0.952 bits per heavy atom. The fraction of sp³-hybridized carbons (Fsp3) is 0.222. The van der Waals surface area contributed by atoms with Crippen LogP contribution in [0, 0.1) is 0 Å². The van der Waals surface area contributed by atoms with Gasteiger partial charge in [0.1, 0.15) is 0 Å². The van der Waals surface area contributed by atoms with Gasteiger partial charge in [-0.1, -0.05) is 56.3 Å². The fourth-order valence-corrected chi connectivity index (χ4v) is 1.96. The lowest BCUT2D eigenvalue weighted by atomic mass is 10.0. The van der Waals surface area contributed by atoms with E-state index in [1.807, 2.05) is 61.5 Å². The highest BCUT2D eigenvalue weighted by atomic mass is 16.2. The number of nitrogens with one attached hydrogen (secondary N) is 1. The number of carbonyl (C=O) groups excluding carboxylic acids is 1. The topological polar surface area (TPSA) is 41.5 Å². The fourth-order valence-electron chi connectivity index (χ4n) is 1.96. The van der Waals surface area contributed by atoms with Gasteiger partial charge < -0.3 is 0 Å². The van der Waals surface area contributed by atoms with Gasteiger partial charge in [-0.05, 0) is 36.1 Å². The zero-order chi connectivity index (χ0) is 15.2. The monoisotopic (exact) mass is 280 g/mol. The summed E-state index contributed by atoms with van der Waals surface area (Å²) in [6.45, 7) is 6.13. The molecular formula is C18H20N2O. The minimum absolute atomic E-state index is 0.194. The molecule has 3 nitrogen and oxygen atoms in total. The summed E-state index contributed by atoms with van der Waals surface area (Å²) in [4.78, 5) is 12.0. The first kappa shape index (κ1) is 15.0. The van der Waals surface area contributed by atoms with E-state index in [0.29, 0.717) is 11.5 Å². The molecule has 0 saturated carbocycles. The summed E-state index contributed by atoms with van der Waals surface area (Å²) < 4.78 is 0. The second-order valence-corrected chi connectivity index (χ2v) is 5.28. The normalized spacial score (nSPS) is 11.5. The first-order valence-corrected chi connectivity index (χ1v) is 7.08. The standard InChI is InChI=1S/C18H20N2O/c1-13(2)15-9-11-17(12-10-15)18(21)20-19-14(3)16-7-5-4-6-8-16/h4-13H,1-3H3,(H,20,21). The molecule has 0 atom stereocenters. The average Bonchev–Trinajstić information content (AvgIpc) is 2.53. The molecule has 0 unspecified atom stereocenters. The van der Waals surface area contributed by atoms with Crippen molar-refractivity contribution < 1.29 is 4.79 Å². The molecular weight excluding hydrogens is 260 g/mol. The third-order valence-corrected chi connectivity index (χ3v) is 3.36. The molecule has 1 amide bonds. The van der Waals surface area contributed by atoms with Gasteiger partial charge in [0.15, 0.2) is 0 Å². The van der Waals surface area contributed by atoms with Crippen molar-refractivity contribution in [2.24, 2.45) is 5.10 Å². The Morgan fingerprint density at radius 2 is 1.57 bits per heavy atom. The van der Waals surface area contributed by atoms with Crippen LogP contribution in [0.1, 0.15) is 48.2 Å². The van der Waals surface area contributed by atoms with Crippen molar-refractivity contribution in [1.82, 2.24) is 5.43 Å². The van der Waals surface area contributed by atoms with Crippen molar-refractivity contribution in [3.05, 3.63) is 71.3 Å². The van der Waals surface area contributed by atoms with E-state index in [4.69, 9.17) is 0 Å². The molecule has 0 spiro atoms. The van der Waals surface area contributed by atoms with E-state index in [1.54, 1.807) is 0 Å². The Kier molecular flexibility index (Phi) is 4.88. The minimum Gasteiger partial charge on any atom is -0.267 e. The van der Waals surface area contributed by atoms with E-state index in [1.165, 1.54) is 5.56 Å². The van der Waals surface area contributed by atoms with Gasteiger partial charge in [0.2, 0.25) is 0 Å². The molecule has 0 bridgehead atoms. The van der Waals surface area contributed by atoms with Crippen LogP contribution in [-0.4, -0.2) is 11.6 Å². The Labute approximate surface area is 125 Å². The maximum atomic E-state index is 12.0. The number of nitrogens with zero attached hydrogens (tertiary/aromatic N) is 1. The molecule has 108 valence electrons. The third kappa shape index (κ3) is 4.02. The molecule has 0 aliphatic heterocycles. The second-order valence-electron chi connectivity index (χ2n) is 5.28. The molecule has 2 aromatic carbocycles. The quantitative estimate of drug-likeness (QED) is 0.668. The summed E-state index contributed by atoms with van der Waals surface area (Å²) in [5.41, 5.74) is 6.20. The summed E-state index contributed by atoms with van der Waals surface area (Å²) in [6.07, 6.45) is 0. The molecule has 2 aromatic rings. The van der Waals surface area contributed by atoms with Gasteiger partial charge in [0, 0.05) is 5.56 Å². The van der Waals surface area contributed by atoms with Gasteiger partial charge >= 0.3 is 0 Å². The van der Waals surface area contributed by atoms with Crippen molar-refractivity contribution in [2.45, 2.75) is 26.7 Å². The lowest BCUT2D eigenvalue weighted by Gasteiger charge is -2.06. The lowest BCUT2D eigenvalue weighted by molar-refractivity contribution is 0.0955. The predicted molar refractivity (Wildman–Crippen MR) is 86.7 cm³/mol. The summed E-state index contributed by atoms with van der Waals surface area (Å²) >= 11 is 0. The number of hydrogen-bond acceptors (Lipinski definition) is 2. The molecule has 0 aliphatic carbocycles. The van der Waals surface area contributed by atoms with Crippen LogP contribution >= 0.6 is 0 Å². The smallest absolute Gasteiger partial charge is 0.267 e. The van der Waals surface area contributed by atoms with Crippen molar-refractivity contribution >= 4 is 11.6 Å². The van der Waals surface area contributed by atoms with Gasteiger partial charge in [-0.15, -0.1) is 0 Å². The Hall–Kier alpha value is -2.42. The number of benzene rings is 2. The van der Waals surface area contributed by atoms with Crippen molar-refractivity contribution in [3.8, 4) is 0 Å². The van der Waals surface area contributed by atoms with E-state index >= 15 is 0 Å². The predicted octanol–water partition coefficient (Wildman–Crippen LogP) is 3.96. The number of rotatable bonds is 4. The molecule has 0 fully saturated rings. The molecule has 0 aromatic heterocycles. The second kappa shape index (κ2) is 6.84. The van der Waals surface area contributed by atoms with Crippen LogP contribution < -0.4 is 5.43 Å². The van der Waals surface area contributed by atoms with E-state index in [0.717, 1.165) is 11.3 Å². The van der Waals surface area contributed by atoms with Crippen LogP contribution in [0.4, 0.5) is 0 Å². The zero-order valence-electron chi connectivity index (χ0n) is 12.6. The van der Waals surface area contributed by atoms with Crippen molar-refractivity contribution in [1.29, 1.82) is 0 Å². The Bertz CT molecular complexity index is 628. The average molecular weight is 280 g/mol. The minimum atomic E-state index is -0.194. The molecule has 0 saturated heterocycles. The summed E-state index contributed by atoms with van der Waals surface area (Å²) in [5.74, 6) is 0.265. The van der Waals surface area contributed by atoms with E-state index in [9.17, 15) is 4.79 Å². The van der Waals surface area contributed by atoms with Crippen molar-refractivity contribution in [3.63, 3.8) is 0 Å². The van der Waals surface area contributed by atoms with Gasteiger partial charge in [-0.3, -0.25) is 4.79 Å². The summed E-state index contributed by atoms with van der Waals surface area (Å²) in [6, 6.07) is 17.4. The zero-order valence-corrected chi connectivity index (χ0v) is 12.6. The van der Waals surface area contributed by atoms with Crippen LogP contribution in [0.3, 0.4) is 0 Å². The maximum Gasteiger partial charge on any atom is 0.271 e. The van der Waals surface area contributed by atoms with Gasteiger partial charge in [0.25, 0.3) is 5.91 Å². The SMILES string of the molecule is CC(=NNC(=O)c1ccc(C(C)C)cc1)c1ccccc1. The Morgan fingerprint density at radius 3 is 2.14 bits per heavy atom. The molecule has 0 aliphatic rings. The maximum absolute atomic E-state index is 12.0. The molecule has 0 radical (unpaired) electrons. The third-order valence-electron chi connectivity index (χ3n) is 3.36. The number of hydrazone groups is 1. The number of hydrogen-bond donors (Lipinski definition) is 1. The van der Waals surface area contributed by atoms with Crippen LogP contribution in [0.15, 0.2) is 59.7 Å². The van der Waals surface area contributed by atoms with Crippen LogP contribution in [0.2, 0.25) is 0 Å². The van der Waals surface area contributed by atoms with Crippen LogP contribution in [0.25, 0.3) is 0 Å². The first-order chi connectivity index (χ1) is 10.1. The first-order valence-electron chi connectivity index (χ1n) is 7.08. The van der Waals surface area contributed by atoms with Crippen LogP contribution in [-0.2, 0) is 0 Å². The summed E-state index contributed by atoms with van der Waals surface area (Å²) in [7, 11) is 0. The summed E-state index contributed by atoms with van der Waals surface area (Å²) in [5, 5.41) is 4.15. The molecule has 3 heteroatoms. The van der Waals surface area contributed by atoms with E-state index in [2.05, 4.69) is 24.4 Å². The number of carbonyl (C=O) groups is 1. The highest BCUT2D eigenvalue weighted by Gasteiger charge is 2.06. The van der Waals surface area contributed by atoms with E-state index < -0.39 is 0 Å². The molecule has 2 rings (SSSR count). The Balaban J connectivity index is 2.04. The highest BCUT2D eigenvalue weighted by molar-refractivity contribution is 6.00. The molecule has 0 heterocycles. The van der Waals surface area contributed by atoms with E-state index in [-0.39, 0.29) is 5.91 Å². The van der Waals surface area contributed by atoms with Crippen LogP contribution in [0.5, 0.6) is 0 Å². The highest BCUT2D eigenvalue weighted by Crippen LogP contribution is 2.14. The van der Waals surface area contributed by atoms with Gasteiger partial charge in [-0.2, -0.15) is 5.10 Å². The van der Waals surface area contributed by atoms with Gasteiger partial charge in [-0.25, -0.2) is 5.43 Å². The molecule has 1 N–H and O–H groups in total.